The van der Waals surface area contributed by atoms with Crippen molar-refractivity contribution < 1.29 is 14.3 Å². The molecule has 0 radical (unpaired) electrons. The molecule has 1 aromatic carbocycles. The van der Waals surface area contributed by atoms with Gasteiger partial charge in [0.25, 0.3) is 0 Å². The van der Waals surface area contributed by atoms with E-state index in [1.54, 1.807) is 6.92 Å². The lowest BCUT2D eigenvalue weighted by Gasteiger charge is -2.15. The van der Waals surface area contributed by atoms with Gasteiger partial charge in [0.05, 0.1) is 6.61 Å². The molecular weight excluding hydrogens is 328 g/mol. The third kappa shape index (κ3) is 7.93. The molecule has 128 valence electrons. The summed E-state index contributed by atoms with van der Waals surface area (Å²) in [6, 6.07) is 7.87. The summed E-state index contributed by atoms with van der Waals surface area (Å²) in [7, 11) is 0. The lowest BCUT2D eigenvalue weighted by atomic mass is 10.1. The Morgan fingerprint density at radius 1 is 1.04 bits per heavy atom. The van der Waals surface area contributed by atoms with Gasteiger partial charge in [-0.15, -0.1) is 0 Å². The van der Waals surface area contributed by atoms with E-state index in [1.165, 1.54) is 29.1 Å². The zero-order chi connectivity index (χ0) is 17.2. The Hall–Kier alpha value is -0.940. The van der Waals surface area contributed by atoms with Crippen LogP contribution in [0.1, 0.15) is 56.5 Å². The van der Waals surface area contributed by atoms with Gasteiger partial charge in [-0.1, -0.05) is 63.2 Å². The summed E-state index contributed by atoms with van der Waals surface area (Å²) in [4.78, 5) is 23.7. The molecule has 0 heterocycles. The minimum Gasteiger partial charge on any atom is -0.458 e. The number of carbonyl (C=O) groups excluding carboxylic acids is 2. The summed E-state index contributed by atoms with van der Waals surface area (Å²) in [6.07, 6.45) is 2.93. The molecule has 0 aliphatic rings. The van der Waals surface area contributed by atoms with Crippen molar-refractivity contribution in [2.24, 2.45) is 0 Å². The molecule has 5 heteroatoms. The molecule has 0 N–H and O–H groups in total. The number of ether oxygens (including phenoxy) is 1. The summed E-state index contributed by atoms with van der Waals surface area (Å²) < 4.78 is 4.93. The van der Waals surface area contributed by atoms with Gasteiger partial charge in [0.2, 0.25) is 5.12 Å². The highest BCUT2D eigenvalue weighted by Crippen LogP contribution is 2.26. The Labute approximate surface area is 147 Å². The standard InChI is InChI=1S/C18H26O3S2/c1-5-7-15-8-10-16(11-9-15)17(19)22-13(3)12-14(4)23-18(20)21-6-2/h8-11,13-14H,5-7,12H2,1-4H3. The molecule has 0 saturated carbocycles. The zero-order valence-corrected chi connectivity index (χ0v) is 16.0. The topological polar surface area (TPSA) is 43.4 Å². The molecule has 0 aliphatic heterocycles. The van der Waals surface area contributed by atoms with E-state index in [2.05, 4.69) is 6.92 Å². The first kappa shape index (κ1) is 20.1. The molecule has 0 aliphatic carbocycles. The highest BCUT2D eigenvalue weighted by molar-refractivity contribution is 8.15. The van der Waals surface area contributed by atoms with Gasteiger partial charge in [-0.3, -0.25) is 4.79 Å². The number of benzene rings is 1. The van der Waals surface area contributed by atoms with E-state index in [9.17, 15) is 9.59 Å². The van der Waals surface area contributed by atoms with Crippen LogP contribution in [0.2, 0.25) is 0 Å². The van der Waals surface area contributed by atoms with Crippen LogP contribution in [0.25, 0.3) is 0 Å². The van der Waals surface area contributed by atoms with Gasteiger partial charge in [0.15, 0.2) is 0 Å². The number of thioether (sulfide) groups is 2. The largest absolute Gasteiger partial charge is 0.458 e. The van der Waals surface area contributed by atoms with Crippen LogP contribution < -0.4 is 0 Å². The third-order valence-electron chi connectivity index (χ3n) is 3.26. The summed E-state index contributed by atoms with van der Waals surface area (Å²) >= 11 is 2.53. The molecule has 3 nitrogen and oxygen atoms in total. The molecule has 0 aromatic heterocycles. The summed E-state index contributed by atoms with van der Waals surface area (Å²) in [5.74, 6) is 0. The quantitative estimate of drug-likeness (QED) is 0.571. The van der Waals surface area contributed by atoms with E-state index in [0.717, 1.165) is 24.8 Å². The van der Waals surface area contributed by atoms with E-state index in [-0.39, 0.29) is 20.9 Å². The summed E-state index contributed by atoms with van der Waals surface area (Å²) in [5, 5.41) is 0.148. The van der Waals surface area contributed by atoms with E-state index >= 15 is 0 Å². The monoisotopic (exact) mass is 354 g/mol. The first-order valence-electron chi connectivity index (χ1n) is 8.09. The van der Waals surface area contributed by atoms with Crippen LogP contribution in [-0.2, 0) is 11.2 Å². The zero-order valence-electron chi connectivity index (χ0n) is 14.3. The molecule has 23 heavy (non-hydrogen) atoms. The van der Waals surface area contributed by atoms with Crippen LogP contribution in [0.5, 0.6) is 0 Å². The van der Waals surface area contributed by atoms with Crippen molar-refractivity contribution in [3.8, 4) is 0 Å². The van der Waals surface area contributed by atoms with Crippen molar-refractivity contribution in [2.75, 3.05) is 6.61 Å². The molecular formula is C18H26O3S2. The van der Waals surface area contributed by atoms with Gasteiger partial charge < -0.3 is 4.74 Å². The maximum Gasteiger partial charge on any atom is 0.367 e. The minimum absolute atomic E-state index is 0.0916. The van der Waals surface area contributed by atoms with Crippen LogP contribution >= 0.6 is 23.5 Å². The first-order valence-corrected chi connectivity index (χ1v) is 9.85. The third-order valence-corrected chi connectivity index (χ3v) is 5.21. The molecule has 1 rings (SSSR count). The van der Waals surface area contributed by atoms with Gasteiger partial charge >= 0.3 is 5.30 Å². The fourth-order valence-corrected chi connectivity index (χ4v) is 4.27. The molecule has 2 atom stereocenters. The van der Waals surface area contributed by atoms with Crippen molar-refractivity contribution in [2.45, 2.75) is 57.5 Å². The number of hydrogen-bond acceptors (Lipinski definition) is 5. The van der Waals surface area contributed by atoms with E-state index < -0.39 is 0 Å². The van der Waals surface area contributed by atoms with Crippen molar-refractivity contribution in [3.63, 3.8) is 0 Å². The Balaban J connectivity index is 2.44. The van der Waals surface area contributed by atoms with Crippen LogP contribution in [-0.4, -0.2) is 27.5 Å². The molecule has 0 amide bonds. The van der Waals surface area contributed by atoms with Gasteiger partial charge in [0.1, 0.15) is 0 Å². The summed E-state index contributed by atoms with van der Waals surface area (Å²) in [5.41, 5.74) is 2.01. The van der Waals surface area contributed by atoms with Crippen molar-refractivity contribution >= 4 is 33.9 Å². The second kappa shape index (κ2) is 10.8. The van der Waals surface area contributed by atoms with E-state index in [1.807, 2.05) is 38.1 Å². The maximum atomic E-state index is 12.3. The Bertz CT molecular complexity index is 499. The number of rotatable bonds is 8. The predicted molar refractivity (Wildman–Crippen MR) is 101 cm³/mol. The normalized spacial score (nSPS) is 13.4. The van der Waals surface area contributed by atoms with E-state index in [4.69, 9.17) is 4.74 Å². The van der Waals surface area contributed by atoms with Gasteiger partial charge in [0, 0.05) is 16.1 Å². The highest BCUT2D eigenvalue weighted by atomic mass is 32.2. The summed E-state index contributed by atoms with van der Waals surface area (Å²) in [6.45, 7) is 8.35. The first-order chi connectivity index (χ1) is 11.0. The van der Waals surface area contributed by atoms with Crippen LogP contribution in [0.4, 0.5) is 4.79 Å². The van der Waals surface area contributed by atoms with Crippen LogP contribution in [0, 0.1) is 0 Å². The molecule has 0 saturated heterocycles. The Morgan fingerprint density at radius 2 is 1.65 bits per heavy atom. The number of carbonyl (C=O) groups is 2. The average molecular weight is 355 g/mol. The van der Waals surface area contributed by atoms with Gasteiger partial charge in [-0.2, -0.15) is 0 Å². The lowest BCUT2D eigenvalue weighted by Crippen LogP contribution is -2.12. The molecule has 0 bridgehead atoms. The number of aryl methyl sites for hydroxylation is 1. The second-order valence-electron chi connectivity index (χ2n) is 5.51. The number of hydrogen-bond donors (Lipinski definition) is 0. The van der Waals surface area contributed by atoms with Gasteiger partial charge in [-0.25, -0.2) is 4.79 Å². The molecule has 1 aromatic rings. The van der Waals surface area contributed by atoms with Crippen molar-refractivity contribution in [3.05, 3.63) is 35.4 Å². The molecule has 0 spiro atoms. The predicted octanol–water partition coefficient (Wildman–Crippen LogP) is 5.57. The maximum absolute atomic E-state index is 12.3. The SMILES string of the molecule is CCCc1ccc(C(=O)SC(C)CC(C)SC(=O)OCC)cc1. The smallest absolute Gasteiger partial charge is 0.367 e. The Morgan fingerprint density at radius 3 is 2.22 bits per heavy atom. The second-order valence-corrected chi connectivity index (χ2v) is 8.30. The van der Waals surface area contributed by atoms with Crippen molar-refractivity contribution in [1.29, 1.82) is 0 Å². The fraction of sp³-hybridized carbons (Fsp3) is 0.556. The minimum atomic E-state index is -0.241. The van der Waals surface area contributed by atoms with E-state index in [0.29, 0.717) is 6.61 Å². The van der Waals surface area contributed by atoms with Crippen LogP contribution in [0.15, 0.2) is 24.3 Å². The highest BCUT2D eigenvalue weighted by Gasteiger charge is 2.18. The molecule has 2 unspecified atom stereocenters. The van der Waals surface area contributed by atoms with Gasteiger partial charge in [-0.05, 0) is 37.1 Å². The average Bonchev–Trinajstić information content (AvgIpc) is 2.47. The van der Waals surface area contributed by atoms with Crippen LogP contribution in [0.3, 0.4) is 0 Å². The molecule has 0 fully saturated rings. The fourth-order valence-electron chi connectivity index (χ4n) is 2.23. The van der Waals surface area contributed by atoms with Crippen molar-refractivity contribution in [1.82, 2.24) is 0 Å². The lowest BCUT2D eigenvalue weighted by molar-refractivity contribution is 0.108. The Kier molecular flexibility index (Phi) is 9.41.